The Balaban J connectivity index is 1.62. The summed E-state index contributed by atoms with van der Waals surface area (Å²) in [5.74, 6) is -0.0416. The van der Waals surface area contributed by atoms with E-state index in [1.54, 1.807) is 29.4 Å². The average molecular weight is 250 g/mol. The van der Waals surface area contributed by atoms with Gasteiger partial charge in [0.2, 0.25) is 0 Å². The second-order valence-electron chi connectivity index (χ2n) is 4.46. The van der Waals surface area contributed by atoms with Crippen molar-refractivity contribution in [3.05, 3.63) is 30.1 Å². The zero-order valence-electron chi connectivity index (χ0n) is 10.5. The number of ether oxygens (including phenoxy) is 1. The highest BCUT2D eigenvalue weighted by Crippen LogP contribution is 1.94. The quantitative estimate of drug-likeness (QED) is 0.667. The Labute approximate surface area is 107 Å². The first-order valence-corrected chi connectivity index (χ1v) is 6.46. The van der Waals surface area contributed by atoms with E-state index < -0.39 is 0 Å². The van der Waals surface area contributed by atoms with Crippen molar-refractivity contribution in [3.63, 3.8) is 0 Å². The molecule has 1 saturated heterocycles. The third kappa shape index (κ3) is 4.09. The van der Waals surface area contributed by atoms with Crippen LogP contribution in [-0.2, 0) is 4.74 Å². The van der Waals surface area contributed by atoms with E-state index >= 15 is 0 Å². The highest BCUT2D eigenvalue weighted by molar-refractivity contribution is 5.93. The molecule has 0 unspecified atom stereocenters. The largest absolute Gasteiger partial charge is 0.370 e. The summed E-state index contributed by atoms with van der Waals surface area (Å²) in [6.07, 6.45) is 4.25. The summed E-state index contributed by atoms with van der Waals surface area (Å²) in [6, 6.07) is 3.54. The van der Waals surface area contributed by atoms with Gasteiger partial charge in [0.05, 0.1) is 25.3 Å². The highest BCUT2D eigenvalue weighted by Gasteiger charge is 2.13. The van der Waals surface area contributed by atoms with Crippen LogP contribution in [0.3, 0.4) is 0 Å². The van der Waals surface area contributed by atoms with Crippen LogP contribution in [-0.4, -0.2) is 50.3 Å². The molecule has 1 aliphatic heterocycles. The van der Waals surface area contributed by atoms with E-state index in [0.29, 0.717) is 5.56 Å². The van der Waals surface area contributed by atoms with Crippen LogP contribution in [0.2, 0.25) is 0 Å². The number of amides is 1. The van der Waals surface area contributed by atoms with Crippen LogP contribution in [0.5, 0.6) is 0 Å². The molecule has 0 spiro atoms. The smallest absolute Gasteiger partial charge is 0.252 e. The molecular formula is C13H20N3O2+. The number of pyridine rings is 1. The Morgan fingerprint density at radius 3 is 3.00 bits per heavy atom. The number of hydrogen-bond donors (Lipinski definition) is 2. The van der Waals surface area contributed by atoms with Gasteiger partial charge in [-0.3, -0.25) is 9.78 Å². The maximum absolute atomic E-state index is 11.7. The number of quaternary nitrogens is 1. The Kier molecular flexibility index (Phi) is 5.11. The average Bonchev–Trinajstić information content (AvgIpc) is 2.45. The van der Waals surface area contributed by atoms with E-state index in [0.717, 1.165) is 45.8 Å². The number of carbonyl (C=O) groups is 1. The van der Waals surface area contributed by atoms with E-state index in [1.165, 1.54) is 0 Å². The first-order chi connectivity index (χ1) is 8.86. The van der Waals surface area contributed by atoms with Crippen LogP contribution in [0.1, 0.15) is 16.8 Å². The molecule has 0 atom stereocenters. The van der Waals surface area contributed by atoms with E-state index in [1.807, 2.05) is 0 Å². The topological polar surface area (TPSA) is 55.7 Å². The first-order valence-electron chi connectivity index (χ1n) is 6.46. The molecule has 98 valence electrons. The molecule has 1 aliphatic rings. The highest BCUT2D eigenvalue weighted by atomic mass is 16.5. The van der Waals surface area contributed by atoms with Gasteiger partial charge in [-0.05, 0) is 12.1 Å². The Morgan fingerprint density at radius 1 is 1.44 bits per heavy atom. The molecule has 1 aromatic heterocycles. The predicted octanol–water partition coefficient (Wildman–Crippen LogP) is -0.883. The molecule has 5 nitrogen and oxygen atoms in total. The van der Waals surface area contributed by atoms with E-state index in [2.05, 4.69) is 10.3 Å². The molecule has 5 heteroatoms. The van der Waals surface area contributed by atoms with Crippen LogP contribution in [0.4, 0.5) is 0 Å². The fourth-order valence-corrected chi connectivity index (χ4v) is 2.05. The molecule has 2 rings (SSSR count). The molecule has 2 N–H and O–H groups in total. The van der Waals surface area contributed by atoms with Crippen molar-refractivity contribution in [2.75, 3.05) is 39.4 Å². The van der Waals surface area contributed by atoms with Crippen LogP contribution in [0, 0.1) is 0 Å². The molecule has 1 aromatic rings. The number of morpholine rings is 1. The monoisotopic (exact) mass is 250 g/mol. The summed E-state index contributed by atoms with van der Waals surface area (Å²) in [4.78, 5) is 17.2. The van der Waals surface area contributed by atoms with Gasteiger partial charge in [0, 0.05) is 25.4 Å². The summed E-state index contributed by atoms with van der Waals surface area (Å²) >= 11 is 0. The number of carbonyl (C=O) groups excluding carboxylic acids is 1. The molecule has 0 aromatic carbocycles. The summed E-state index contributed by atoms with van der Waals surface area (Å²) in [5.41, 5.74) is 0.621. The van der Waals surface area contributed by atoms with Gasteiger partial charge in [-0.25, -0.2) is 0 Å². The Hall–Kier alpha value is -1.46. The van der Waals surface area contributed by atoms with Crippen molar-refractivity contribution >= 4 is 5.91 Å². The lowest BCUT2D eigenvalue weighted by molar-refractivity contribution is -0.908. The van der Waals surface area contributed by atoms with Gasteiger partial charge >= 0.3 is 0 Å². The molecule has 0 radical (unpaired) electrons. The fourth-order valence-electron chi connectivity index (χ4n) is 2.05. The van der Waals surface area contributed by atoms with Crippen molar-refractivity contribution in [2.24, 2.45) is 0 Å². The molecule has 2 heterocycles. The first kappa shape index (κ1) is 13.0. The summed E-state index contributed by atoms with van der Waals surface area (Å²) in [6.45, 7) is 5.69. The second kappa shape index (κ2) is 7.08. The summed E-state index contributed by atoms with van der Waals surface area (Å²) < 4.78 is 5.30. The Bertz CT molecular complexity index is 364. The van der Waals surface area contributed by atoms with Gasteiger partial charge in [0.25, 0.3) is 5.91 Å². The van der Waals surface area contributed by atoms with Crippen molar-refractivity contribution in [3.8, 4) is 0 Å². The zero-order valence-corrected chi connectivity index (χ0v) is 10.5. The standard InChI is InChI=1S/C13H19N3O2/c17-13(12-3-1-4-14-11-12)15-5-2-6-16-7-9-18-10-8-16/h1,3-4,11H,2,5-10H2,(H,15,17)/p+1. The summed E-state index contributed by atoms with van der Waals surface area (Å²) in [5, 5.41) is 2.92. The van der Waals surface area contributed by atoms with Gasteiger partial charge in [-0.15, -0.1) is 0 Å². The number of nitrogens with one attached hydrogen (secondary N) is 2. The van der Waals surface area contributed by atoms with Crippen molar-refractivity contribution < 1.29 is 14.4 Å². The van der Waals surface area contributed by atoms with Crippen molar-refractivity contribution in [2.45, 2.75) is 6.42 Å². The zero-order chi connectivity index (χ0) is 12.6. The number of aromatic nitrogens is 1. The van der Waals surface area contributed by atoms with Gasteiger partial charge in [0.1, 0.15) is 13.1 Å². The predicted molar refractivity (Wildman–Crippen MR) is 67.6 cm³/mol. The lowest BCUT2D eigenvalue weighted by Crippen LogP contribution is -3.14. The minimum Gasteiger partial charge on any atom is -0.370 e. The molecule has 0 saturated carbocycles. The minimum absolute atomic E-state index is 0.0416. The molecular weight excluding hydrogens is 230 g/mol. The van der Waals surface area contributed by atoms with Crippen molar-refractivity contribution in [1.82, 2.24) is 10.3 Å². The third-order valence-electron chi connectivity index (χ3n) is 3.12. The van der Waals surface area contributed by atoms with Crippen LogP contribution in [0.25, 0.3) is 0 Å². The maximum atomic E-state index is 11.7. The number of nitrogens with zero attached hydrogens (tertiary/aromatic N) is 1. The fraction of sp³-hybridized carbons (Fsp3) is 0.538. The molecule has 0 aliphatic carbocycles. The number of rotatable bonds is 5. The molecule has 1 fully saturated rings. The third-order valence-corrected chi connectivity index (χ3v) is 3.12. The van der Waals surface area contributed by atoms with Gasteiger partial charge in [-0.2, -0.15) is 0 Å². The van der Waals surface area contributed by atoms with E-state index in [9.17, 15) is 4.79 Å². The second-order valence-corrected chi connectivity index (χ2v) is 4.46. The lowest BCUT2D eigenvalue weighted by Gasteiger charge is -2.23. The molecule has 1 amide bonds. The Morgan fingerprint density at radius 2 is 2.28 bits per heavy atom. The van der Waals surface area contributed by atoms with Crippen molar-refractivity contribution in [1.29, 1.82) is 0 Å². The van der Waals surface area contributed by atoms with Crippen LogP contribution >= 0.6 is 0 Å². The normalized spacial score (nSPS) is 16.4. The van der Waals surface area contributed by atoms with Gasteiger partial charge in [-0.1, -0.05) is 0 Å². The minimum atomic E-state index is -0.0416. The van der Waals surface area contributed by atoms with Crippen LogP contribution in [0.15, 0.2) is 24.5 Å². The van der Waals surface area contributed by atoms with E-state index in [4.69, 9.17) is 4.74 Å². The lowest BCUT2D eigenvalue weighted by atomic mass is 10.2. The van der Waals surface area contributed by atoms with Gasteiger partial charge in [0.15, 0.2) is 0 Å². The van der Waals surface area contributed by atoms with Crippen LogP contribution < -0.4 is 10.2 Å². The SMILES string of the molecule is O=C(NCCC[NH+]1CCOCC1)c1cccnc1. The summed E-state index contributed by atoms with van der Waals surface area (Å²) in [7, 11) is 0. The van der Waals surface area contributed by atoms with E-state index in [-0.39, 0.29) is 5.91 Å². The maximum Gasteiger partial charge on any atom is 0.252 e. The van der Waals surface area contributed by atoms with Gasteiger partial charge < -0.3 is 15.0 Å². The molecule has 0 bridgehead atoms. The number of hydrogen-bond acceptors (Lipinski definition) is 3. The molecule has 18 heavy (non-hydrogen) atoms.